The Balaban J connectivity index is 1.59. The molecule has 0 radical (unpaired) electrons. The van der Waals surface area contributed by atoms with Gasteiger partial charge in [0.25, 0.3) is 0 Å². The van der Waals surface area contributed by atoms with E-state index in [9.17, 15) is 10.1 Å². The maximum atomic E-state index is 12.5. The Hall–Kier alpha value is -2.68. The zero-order valence-corrected chi connectivity index (χ0v) is 14.0. The standard InChI is InChI=1S/C20H22N4O/c21-13-17(12-11-15-7-3-1-4-8-15)20(25)23-18-14-22-24-19(18)16-9-5-2-6-10-16/h1-10,17-19,22,24H,11-12,14H2,(H,23,25). The lowest BCUT2D eigenvalue weighted by Gasteiger charge is -2.21. The maximum absolute atomic E-state index is 12.5. The van der Waals surface area contributed by atoms with Crippen LogP contribution in [0.4, 0.5) is 0 Å². The maximum Gasteiger partial charge on any atom is 0.237 e. The van der Waals surface area contributed by atoms with Crippen LogP contribution in [0.1, 0.15) is 23.6 Å². The monoisotopic (exact) mass is 334 g/mol. The number of nitrogens with zero attached hydrogens (tertiary/aromatic N) is 1. The number of hydrazine groups is 1. The van der Waals surface area contributed by atoms with Crippen LogP contribution in [0.25, 0.3) is 0 Å². The zero-order chi connectivity index (χ0) is 17.5. The molecule has 5 nitrogen and oxygen atoms in total. The molecule has 5 heteroatoms. The fraction of sp³-hybridized carbons (Fsp3) is 0.300. The second-order valence-corrected chi connectivity index (χ2v) is 6.23. The number of hydrogen-bond acceptors (Lipinski definition) is 4. The molecule has 1 amide bonds. The molecule has 0 aromatic heterocycles. The normalized spacial score (nSPS) is 20.6. The zero-order valence-electron chi connectivity index (χ0n) is 14.0. The molecule has 1 fully saturated rings. The molecule has 3 atom stereocenters. The van der Waals surface area contributed by atoms with Gasteiger partial charge in [0.1, 0.15) is 5.92 Å². The number of aryl methyl sites for hydroxylation is 1. The molecule has 25 heavy (non-hydrogen) atoms. The number of nitrogens with one attached hydrogen (secondary N) is 3. The van der Waals surface area contributed by atoms with Gasteiger partial charge in [-0.3, -0.25) is 10.2 Å². The van der Waals surface area contributed by atoms with E-state index >= 15 is 0 Å². The van der Waals surface area contributed by atoms with E-state index in [-0.39, 0.29) is 18.0 Å². The predicted molar refractivity (Wildman–Crippen MR) is 96.1 cm³/mol. The molecule has 1 aliphatic rings. The lowest BCUT2D eigenvalue weighted by molar-refractivity contribution is -0.124. The molecule has 0 saturated carbocycles. The van der Waals surface area contributed by atoms with Gasteiger partial charge in [0.05, 0.1) is 18.2 Å². The minimum absolute atomic E-state index is 0.00128. The van der Waals surface area contributed by atoms with Gasteiger partial charge in [0, 0.05) is 6.54 Å². The van der Waals surface area contributed by atoms with Crippen molar-refractivity contribution < 1.29 is 4.79 Å². The Morgan fingerprint density at radius 3 is 2.52 bits per heavy atom. The first-order valence-electron chi connectivity index (χ1n) is 8.55. The molecule has 128 valence electrons. The van der Waals surface area contributed by atoms with Crippen LogP contribution in [-0.2, 0) is 11.2 Å². The summed E-state index contributed by atoms with van der Waals surface area (Å²) in [6.45, 7) is 0.627. The smallest absolute Gasteiger partial charge is 0.237 e. The Morgan fingerprint density at radius 2 is 1.84 bits per heavy atom. The van der Waals surface area contributed by atoms with E-state index in [0.717, 1.165) is 17.5 Å². The first kappa shape index (κ1) is 17.2. The van der Waals surface area contributed by atoms with Crippen LogP contribution in [0.3, 0.4) is 0 Å². The summed E-state index contributed by atoms with van der Waals surface area (Å²) in [5, 5.41) is 12.4. The lowest BCUT2D eigenvalue weighted by atomic mass is 9.97. The Kier molecular flexibility index (Phi) is 5.78. The molecule has 1 heterocycles. The second kappa shape index (κ2) is 8.43. The molecule has 1 aliphatic heterocycles. The van der Waals surface area contributed by atoms with E-state index in [4.69, 9.17) is 0 Å². The van der Waals surface area contributed by atoms with E-state index in [1.807, 2.05) is 60.7 Å². The second-order valence-electron chi connectivity index (χ2n) is 6.23. The molecular formula is C20H22N4O. The molecule has 2 aromatic carbocycles. The number of carbonyl (C=O) groups excluding carboxylic acids is 1. The van der Waals surface area contributed by atoms with Crippen LogP contribution in [0.2, 0.25) is 0 Å². The Morgan fingerprint density at radius 1 is 1.16 bits per heavy atom. The van der Waals surface area contributed by atoms with Crippen molar-refractivity contribution in [2.45, 2.75) is 24.9 Å². The van der Waals surface area contributed by atoms with Crippen LogP contribution in [-0.4, -0.2) is 18.5 Å². The Labute approximate surface area is 148 Å². The third kappa shape index (κ3) is 4.44. The van der Waals surface area contributed by atoms with Crippen LogP contribution in [0.15, 0.2) is 60.7 Å². The first-order valence-corrected chi connectivity index (χ1v) is 8.55. The summed E-state index contributed by atoms with van der Waals surface area (Å²) in [6.07, 6.45) is 1.24. The number of carbonyl (C=O) groups is 1. The van der Waals surface area contributed by atoms with Crippen molar-refractivity contribution in [2.24, 2.45) is 5.92 Å². The first-order chi connectivity index (χ1) is 12.3. The van der Waals surface area contributed by atoms with Gasteiger partial charge in [-0.15, -0.1) is 0 Å². The summed E-state index contributed by atoms with van der Waals surface area (Å²) >= 11 is 0. The summed E-state index contributed by atoms with van der Waals surface area (Å²) in [4.78, 5) is 12.5. The van der Waals surface area contributed by atoms with Gasteiger partial charge in [0.15, 0.2) is 0 Å². The number of rotatable bonds is 6. The average molecular weight is 334 g/mol. The van der Waals surface area contributed by atoms with Crippen molar-refractivity contribution in [2.75, 3.05) is 6.54 Å². The van der Waals surface area contributed by atoms with Crippen molar-refractivity contribution >= 4 is 5.91 Å². The highest BCUT2D eigenvalue weighted by Crippen LogP contribution is 2.20. The highest BCUT2D eigenvalue weighted by Gasteiger charge is 2.31. The molecule has 3 N–H and O–H groups in total. The molecular weight excluding hydrogens is 312 g/mol. The highest BCUT2D eigenvalue weighted by atomic mass is 16.2. The minimum Gasteiger partial charge on any atom is -0.349 e. The number of benzene rings is 2. The van der Waals surface area contributed by atoms with Crippen molar-refractivity contribution in [3.63, 3.8) is 0 Å². The van der Waals surface area contributed by atoms with Crippen molar-refractivity contribution in [1.29, 1.82) is 5.26 Å². The molecule has 0 aliphatic carbocycles. The van der Waals surface area contributed by atoms with E-state index in [0.29, 0.717) is 13.0 Å². The summed E-state index contributed by atoms with van der Waals surface area (Å²) in [7, 11) is 0. The largest absolute Gasteiger partial charge is 0.349 e. The van der Waals surface area contributed by atoms with Gasteiger partial charge in [-0.1, -0.05) is 60.7 Å². The fourth-order valence-corrected chi connectivity index (χ4v) is 3.10. The van der Waals surface area contributed by atoms with Gasteiger partial charge in [-0.2, -0.15) is 5.26 Å². The fourth-order valence-electron chi connectivity index (χ4n) is 3.10. The summed E-state index contributed by atoms with van der Waals surface area (Å²) in [5.41, 5.74) is 8.54. The molecule has 3 rings (SSSR count). The average Bonchev–Trinajstić information content (AvgIpc) is 3.12. The van der Waals surface area contributed by atoms with Gasteiger partial charge in [-0.25, -0.2) is 5.43 Å². The molecule has 0 bridgehead atoms. The molecule has 1 saturated heterocycles. The number of hydrogen-bond donors (Lipinski definition) is 3. The quantitative estimate of drug-likeness (QED) is 0.756. The van der Waals surface area contributed by atoms with Gasteiger partial charge in [0.2, 0.25) is 5.91 Å². The third-order valence-electron chi connectivity index (χ3n) is 4.51. The Bertz CT molecular complexity index is 726. The minimum atomic E-state index is -0.641. The van der Waals surface area contributed by atoms with Gasteiger partial charge >= 0.3 is 0 Å². The highest BCUT2D eigenvalue weighted by molar-refractivity contribution is 5.81. The molecule has 3 unspecified atom stereocenters. The van der Waals surface area contributed by atoms with Crippen LogP contribution in [0, 0.1) is 17.2 Å². The number of amides is 1. The van der Waals surface area contributed by atoms with Crippen molar-refractivity contribution in [3.05, 3.63) is 71.8 Å². The van der Waals surface area contributed by atoms with Gasteiger partial charge < -0.3 is 5.32 Å². The van der Waals surface area contributed by atoms with E-state index in [1.54, 1.807) is 0 Å². The molecule has 0 spiro atoms. The summed E-state index contributed by atoms with van der Waals surface area (Å²) < 4.78 is 0. The van der Waals surface area contributed by atoms with Crippen molar-refractivity contribution in [1.82, 2.24) is 16.2 Å². The predicted octanol–water partition coefficient (Wildman–Crippen LogP) is 2.09. The summed E-state index contributed by atoms with van der Waals surface area (Å²) in [5.74, 6) is -0.841. The van der Waals surface area contributed by atoms with E-state index in [1.165, 1.54) is 0 Å². The van der Waals surface area contributed by atoms with E-state index < -0.39 is 5.92 Å². The van der Waals surface area contributed by atoms with Gasteiger partial charge in [-0.05, 0) is 24.0 Å². The lowest BCUT2D eigenvalue weighted by Crippen LogP contribution is -2.43. The molecule has 2 aromatic rings. The SMILES string of the molecule is N#CC(CCc1ccccc1)C(=O)NC1CNNC1c1ccccc1. The summed E-state index contributed by atoms with van der Waals surface area (Å²) in [6, 6.07) is 22.0. The van der Waals surface area contributed by atoms with E-state index in [2.05, 4.69) is 22.2 Å². The van der Waals surface area contributed by atoms with Crippen LogP contribution >= 0.6 is 0 Å². The van der Waals surface area contributed by atoms with Crippen molar-refractivity contribution in [3.8, 4) is 6.07 Å². The number of nitriles is 1. The van der Waals surface area contributed by atoms with Crippen LogP contribution in [0.5, 0.6) is 0 Å². The topological polar surface area (TPSA) is 77.0 Å². The van der Waals surface area contributed by atoms with Crippen LogP contribution < -0.4 is 16.2 Å². The third-order valence-corrected chi connectivity index (χ3v) is 4.51.